The minimum absolute atomic E-state index is 0.0558. The molecule has 38 heavy (non-hydrogen) atoms. The predicted octanol–water partition coefficient (Wildman–Crippen LogP) is 6.22. The number of carboxylic acid groups (broad SMARTS) is 1. The molecule has 3 atom stereocenters. The van der Waals surface area contributed by atoms with E-state index >= 15 is 0 Å². The van der Waals surface area contributed by atoms with Crippen LogP contribution in [0.5, 0.6) is 5.75 Å². The lowest BCUT2D eigenvalue weighted by Crippen LogP contribution is -2.49. The van der Waals surface area contributed by atoms with Gasteiger partial charge in [0.1, 0.15) is 18.0 Å². The second-order valence-electron chi connectivity index (χ2n) is 11.7. The van der Waals surface area contributed by atoms with Crippen molar-refractivity contribution in [1.82, 2.24) is 5.32 Å². The molecule has 0 saturated heterocycles. The summed E-state index contributed by atoms with van der Waals surface area (Å²) < 4.78 is 11.3. The van der Waals surface area contributed by atoms with Crippen molar-refractivity contribution in [2.24, 2.45) is 5.92 Å². The maximum absolute atomic E-state index is 12.6. The summed E-state index contributed by atoms with van der Waals surface area (Å²) in [7, 11) is 0. The first kappa shape index (κ1) is 29.5. The van der Waals surface area contributed by atoms with Gasteiger partial charge in [0.05, 0.1) is 17.6 Å². The average Bonchev–Trinajstić information content (AvgIpc) is 2.87. The van der Waals surface area contributed by atoms with Crippen molar-refractivity contribution in [2.75, 3.05) is 0 Å². The highest BCUT2D eigenvalue weighted by atomic mass is 16.6. The normalized spacial score (nSPS) is 17.6. The molecule has 3 N–H and O–H groups in total. The third kappa shape index (κ3) is 8.76. The van der Waals surface area contributed by atoms with Crippen LogP contribution in [0.3, 0.4) is 0 Å². The molecule has 1 aliphatic carbocycles. The molecule has 1 amide bonds. The largest absolute Gasteiger partial charge is 0.489 e. The molecule has 3 rings (SSSR count). The Morgan fingerprint density at radius 2 is 1.61 bits per heavy atom. The van der Waals surface area contributed by atoms with Gasteiger partial charge in [-0.15, -0.1) is 0 Å². The monoisotopic (exact) mass is 525 g/mol. The molecule has 1 saturated carbocycles. The second-order valence-corrected chi connectivity index (χ2v) is 11.7. The summed E-state index contributed by atoms with van der Waals surface area (Å²) >= 11 is 0. The molecule has 1 aliphatic rings. The molecule has 1 fully saturated rings. The molecule has 7 nitrogen and oxygen atoms in total. The van der Waals surface area contributed by atoms with E-state index in [0.29, 0.717) is 30.3 Å². The van der Waals surface area contributed by atoms with Crippen LogP contribution in [0.25, 0.3) is 0 Å². The molecular formula is C31H43NO6. The number of carbonyl (C=O) groups excluding carboxylic acids is 1. The summed E-state index contributed by atoms with van der Waals surface area (Å²) in [5, 5.41) is 24.4. The van der Waals surface area contributed by atoms with Crippen LogP contribution >= 0.6 is 0 Å². The van der Waals surface area contributed by atoms with Crippen LogP contribution in [0.1, 0.15) is 83.8 Å². The van der Waals surface area contributed by atoms with Crippen molar-refractivity contribution in [3.63, 3.8) is 0 Å². The number of nitrogens with one attached hydrogen (secondary N) is 1. The lowest BCUT2D eigenvalue weighted by molar-refractivity contribution is -0.144. The number of ether oxygens (including phenoxy) is 2. The minimum atomic E-state index is -1.36. The van der Waals surface area contributed by atoms with Crippen LogP contribution in [-0.4, -0.2) is 40.0 Å². The van der Waals surface area contributed by atoms with Gasteiger partial charge in [0.2, 0.25) is 0 Å². The zero-order chi connectivity index (χ0) is 27.8. The van der Waals surface area contributed by atoms with E-state index in [-0.39, 0.29) is 6.42 Å². The van der Waals surface area contributed by atoms with Crippen LogP contribution in [0.15, 0.2) is 54.6 Å². The predicted molar refractivity (Wildman–Crippen MR) is 147 cm³/mol. The first-order valence-electron chi connectivity index (χ1n) is 13.6. The summed E-state index contributed by atoms with van der Waals surface area (Å²) in [5.41, 5.74) is -0.441. The maximum atomic E-state index is 12.6. The number of carbonyl (C=O) groups is 2. The number of aliphatic carboxylic acids is 1. The van der Waals surface area contributed by atoms with Gasteiger partial charge < -0.3 is 25.0 Å². The minimum Gasteiger partial charge on any atom is -0.489 e. The number of hydrogen-bond donors (Lipinski definition) is 3. The molecule has 0 radical (unpaired) electrons. The molecule has 0 aliphatic heterocycles. The SMILES string of the molecule is CC(C)(C)OC(=O)N[C@@H](CC1CCCCC1)[C@@H](O)C[C@@](C)(C(=O)O)c1ccc(OCc2ccccc2)cc1. The smallest absolute Gasteiger partial charge is 0.407 e. The summed E-state index contributed by atoms with van der Waals surface area (Å²) in [6, 6.07) is 16.2. The number of rotatable bonds is 11. The number of aliphatic hydroxyl groups is 1. The van der Waals surface area contributed by atoms with Gasteiger partial charge in [0.15, 0.2) is 0 Å². The van der Waals surface area contributed by atoms with E-state index in [2.05, 4.69) is 5.32 Å². The van der Waals surface area contributed by atoms with Crippen LogP contribution in [0.2, 0.25) is 0 Å². The van der Waals surface area contributed by atoms with Crippen LogP contribution in [0.4, 0.5) is 4.79 Å². The molecule has 2 aromatic carbocycles. The number of aliphatic hydroxyl groups excluding tert-OH is 1. The van der Waals surface area contributed by atoms with Crippen molar-refractivity contribution >= 4 is 12.1 Å². The van der Waals surface area contributed by atoms with Gasteiger partial charge in [-0.2, -0.15) is 0 Å². The van der Waals surface area contributed by atoms with Gasteiger partial charge in [0, 0.05) is 0 Å². The molecule has 0 spiro atoms. The van der Waals surface area contributed by atoms with Gasteiger partial charge >= 0.3 is 12.1 Å². The summed E-state index contributed by atoms with van der Waals surface area (Å²) in [4.78, 5) is 25.1. The van der Waals surface area contributed by atoms with Gasteiger partial charge in [-0.1, -0.05) is 74.6 Å². The fraction of sp³-hybridized carbons (Fsp3) is 0.548. The topological polar surface area (TPSA) is 105 Å². The zero-order valence-electron chi connectivity index (χ0n) is 23.1. The molecule has 0 aromatic heterocycles. The summed E-state index contributed by atoms with van der Waals surface area (Å²) in [6.07, 6.45) is 4.40. The Morgan fingerprint density at radius 1 is 0.974 bits per heavy atom. The Kier molecular flexibility index (Phi) is 10.2. The highest BCUT2D eigenvalue weighted by Crippen LogP contribution is 2.34. The van der Waals surface area contributed by atoms with Gasteiger partial charge in [0.25, 0.3) is 0 Å². The van der Waals surface area contributed by atoms with E-state index in [4.69, 9.17) is 9.47 Å². The maximum Gasteiger partial charge on any atom is 0.407 e. The van der Waals surface area contributed by atoms with E-state index in [1.165, 1.54) is 6.42 Å². The Labute approximate surface area is 226 Å². The van der Waals surface area contributed by atoms with Crippen molar-refractivity contribution < 1.29 is 29.3 Å². The van der Waals surface area contributed by atoms with Crippen LogP contribution < -0.4 is 10.1 Å². The average molecular weight is 526 g/mol. The van der Waals surface area contributed by atoms with Crippen LogP contribution in [-0.2, 0) is 21.6 Å². The van der Waals surface area contributed by atoms with Crippen molar-refractivity contribution in [2.45, 2.75) is 102 Å². The third-order valence-corrected chi connectivity index (χ3v) is 7.31. The molecule has 7 heteroatoms. The Morgan fingerprint density at radius 3 is 2.18 bits per heavy atom. The van der Waals surface area contributed by atoms with E-state index in [1.807, 2.05) is 30.3 Å². The number of amides is 1. The van der Waals surface area contributed by atoms with E-state index in [0.717, 1.165) is 31.2 Å². The van der Waals surface area contributed by atoms with E-state index in [9.17, 15) is 19.8 Å². The molecule has 0 heterocycles. The van der Waals surface area contributed by atoms with Gasteiger partial charge in [-0.3, -0.25) is 4.79 Å². The number of hydrogen-bond acceptors (Lipinski definition) is 5. The van der Waals surface area contributed by atoms with Gasteiger partial charge in [-0.05, 0) is 69.7 Å². The Balaban J connectivity index is 1.73. The van der Waals surface area contributed by atoms with E-state index < -0.39 is 35.2 Å². The summed E-state index contributed by atoms with van der Waals surface area (Å²) in [5.74, 6) is -0.0358. The molecule has 208 valence electrons. The Hall–Kier alpha value is -3.06. The molecular weight excluding hydrogens is 482 g/mol. The highest BCUT2D eigenvalue weighted by molar-refractivity contribution is 5.81. The highest BCUT2D eigenvalue weighted by Gasteiger charge is 2.40. The van der Waals surface area contributed by atoms with Crippen molar-refractivity contribution in [1.29, 1.82) is 0 Å². The third-order valence-electron chi connectivity index (χ3n) is 7.31. The lowest BCUT2D eigenvalue weighted by Gasteiger charge is -2.34. The molecule has 0 bridgehead atoms. The van der Waals surface area contributed by atoms with Crippen LogP contribution in [0, 0.1) is 5.92 Å². The second kappa shape index (κ2) is 13.1. The molecule has 0 unspecified atom stereocenters. The summed E-state index contributed by atoms with van der Waals surface area (Å²) in [6.45, 7) is 7.38. The first-order valence-corrected chi connectivity index (χ1v) is 13.6. The first-order chi connectivity index (χ1) is 18.0. The fourth-order valence-corrected chi connectivity index (χ4v) is 5.10. The van der Waals surface area contributed by atoms with Gasteiger partial charge in [-0.25, -0.2) is 4.79 Å². The fourth-order valence-electron chi connectivity index (χ4n) is 5.10. The number of alkyl carbamates (subject to hydrolysis) is 1. The standard InChI is InChI=1S/C31H43NO6/c1-30(2,3)38-29(36)32-26(19-22-11-7-5-8-12-22)27(33)20-31(4,28(34)35)24-15-17-25(18-16-24)37-21-23-13-9-6-10-14-23/h6,9-10,13-18,22,26-27,33H,5,7-8,11-12,19-21H2,1-4H3,(H,32,36)(H,34,35)/t26-,27-,31+/m0/s1. The number of benzene rings is 2. The lowest BCUT2D eigenvalue weighted by atomic mass is 9.75. The number of carboxylic acids is 1. The zero-order valence-corrected chi connectivity index (χ0v) is 23.1. The van der Waals surface area contributed by atoms with E-state index in [1.54, 1.807) is 52.0 Å². The van der Waals surface area contributed by atoms with Crippen molar-refractivity contribution in [3.8, 4) is 5.75 Å². The van der Waals surface area contributed by atoms with Crippen molar-refractivity contribution in [3.05, 3.63) is 65.7 Å². The molecule has 2 aromatic rings. The Bertz CT molecular complexity index is 1030. The quantitative estimate of drug-likeness (QED) is 0.322.